The molecule has 0 amide bonds. The average molecular weight is 176 g/mol. The van der Waals surface area contributed by atoms with Gasteiger partial charge in [0, 0.05) is 0 Å². The summed E-state index contributed by atoms with van der Waals surface area (Å²) in [7, 11) is 0. The summed E-state index contributed by atoms with van der Waals surface area (Å²) in [4.78, 5) is 0. The molecule has 1 unspecified atom stereocenters. The van der Waals surface area contributed by atoms with Crippen molar-refractivity contribution >= 4 is 17.2 Å². The van der Waals surface area contributed by atoms with Crippen LogP contribution in [0.2, 0.25) is 0 Å². The van der Waals surface area contributed by atoms with Gasteiger partial charge in [-0.25, -0.2) is 0 Å². The van der Waals surface area contributed by atoms with Gasteiger partial charge in [-0.2, -0.15) is 0 Å². The topological polar surface area (TPSA) is 9.23 Å². The molecule has 1 nitrogen and oxygen atoms in total. The quantitative estimate of drug-likeness (QED) is 0.539. The summed E-state index contributed by atoms with van der Waals surface area (Å²) in [5.41, 5.74) is 0. The van der Waals surface area contributed by atoms with Crippen LogP contribution in [0.25, 0.3) is 0 Å². The standard InChI is InChI=1S/C6H13AsO/c7-8-6-4-2-1-3-5-6/h6H,1-5,7H2. The molecule has 1 fully saturated rings. The number of hydrogen-bond acceptors (Lipinski definition) is 1. The van der Waals surface area contributed by atoms with Crippen LogP contribution in [0.1, 0.15) is 32.1 Å². The summed E-state index contributed by atoms with van der Waals surface area (Å²) in [5.74, 6) is 0. The van der Waals surface area contributed by atoms with Gasteiger partial charge in [-0.3, -0.25) is 0 Å². The molecule has 1 aliphatic carbocycles. The Labute approximate surface area is 59.6 Å². The van der Waals surface area contributed by atoms with Crippen LogP contribution in [0.5, 0.6) is 0 Å². The van der Waals surface area contributed by atoms with Crippen molar-refractivity contribution < 1.29 is 3.73 Å². The van der Waals surface area contributed by atoms with Crippen molar-refractivity contribution in [3.05, 3.63) is 0 Å². The average Bonchev–Trinajstić information content (AvgIpc) is 1.90. The van der Waals surface area contributed by atoms with Crippen LogP contribution in [0, 0.1) is 0 Å². The Morgan fingerprint density at radius 1 is 1.12 bits per heavy atom. The molecule has 0 radical (unpaired) electrons. The van der Waals surface area contributed by atoms with Gasteiger partial charge in [-0.05, 0) is 0 Å². The van der Waals surface area contributed by atoms with Crippen LogP contribution < -0.4 is 0 Å². The molecule has 2 heteroatoms. The molecule has 1 atom stereocenters. The normalized spacial score (nSPS) is 23.6. The first-order valence-corrected chi connectivity index (χ1v) is 4.28. The van der Waals surface area contributed by atoms with E-state index in [-0.39, 0.29) is 0 Å². The zero-order chi connectivity index (χ0) is 5.82. The fourth-order valence-corrected chi connectivity index (χ4v) is 1.77. The van der Waals surface area contributed by atoms with Crippen molar-refractivity contribution in [2.75, 3.05) is 0 Å². The molecule has 0 aromatic carbocycles. The van der Waals surface area contributed by atoms with Gasteiger partial charge >= 0.3 is 59.1 Å². The van der Waals surface area contributed by atoms with Crippen LogP contribution in [-0.2, 0) is 3.73 Å². The Morgan fingerprint density at radius 2 is 1.75 bits per heavy atom. The minimum absolute atomic E-state index is 0.615. The molecule has 0 heterocycles. The molecule has 1 aliphatic rings. The Hall–Kier alpha value is 0.518. The molecule has 0 aromatic rings. The molecule has 0 spiro atoms. The van der Waals surface area contributed by atoms with Crippen LogP contribution in [-0.4, -0.2) is 23.3 Å². The van der Waals surface area contributed by atoms with Crippen molar-refractivity contribution in [3.8, 4) is 0 Å². The van der Waals surface area contributed by atoms with Crippen LogP contribution in [0.4, 0.5) is 0 Å². The molecular weight excluding hydrogens is 163 g/mol. The van der Waals surface area contributed by atoms with E-state index in [9.17, 15) is 0 Å². The summed E-state index contributed by atoms with van der Waals surface area (Å²) in [6, 6.07) is 0. The minimum atomic E-state index is 0.615. The molecule has 0 aromatic heterocycles. The first-order valence-electron chi connectivity index (χ1n) is 3.29. The monoisotopic (exact) mass is 176 g/mol. The maximum atomic E-state index is 5.25. The SMILES string of the molecule is [AsH2]OC1CCCCC1. The van der Waals surface area contributed by atoms with E-state index in [0.29, 0.717) is 6.10 Å². The van der Waals surface area contributed by atoms with Gasteiger partial charge < -0.3 is 0 Å². The summed E-state index contributed by atoms with van der Waals surface area (Å²) < 4.78 is 5.25. The van der Waals surface area contributed by atoms with Gasteiger partial charge in [-0.1, -0.05) is 0 Å². The third kappa shape index (κ3) is 1.79. The Kier molecular flexibility index (Phi) is 2.92. The van der Waals surface area contributed by atoms with Gasteiger partial charge in [0.05, 0.1) is 0 Å². The molecule has 0 aliphatic heterocycles. The molecule has 0 N–H and O–H groups in total. The molecule has 48 valence electrons. The van der Waals surface area contributed by atoms with Crippen molar-refractivity contribution in [1.82, 2.24) is 0 Å². The van der Waals surface area contributed by atoms with E-state index in [0.717, 1.165) is 0 Å². The third-order valence-electron chi connectivity index (χ3n) is 1.74. The van der Waals surface area contributed by atoms with E-state index in [1.54, 1.807) is 0 Å². The fourth-order valence-electron chi connectivity index (χ4n) is 1.20. The molecular formula is C6H13AsO. The van der Waals surface area contributed by atoms with Crippen LogP contribution in [0.3, 0.4) is 0 Å². The predicted molar refractivity (Wildman–Crippen MR) is 36.5 cm³/mol. The number of rotatable bonds is 1. The second-order valence-corrected chi connectivity index (χ2v) is 2.97. The van der Waals surface area contributed by atoms with Gasteiger partial charge in [0.15, 0.2) is 0 Å². The van der Waals surface area contributed by atoms with Crippen LogP contribution >= 0.6 is 0 Å². The second kappa shape index (κ2) is 3.53. The van der Waals surface area contributed by atoms with Crippen molar-refractivity contribution in [3.63, 3.8) is 0 Å². The first kappa shape index (κ1) is 6.64. The van der Waals surface area contributed by atoms with Gasteiger partial charge in [0.25, 0.3) is 0 Å². The predicted octanol–water partition coefficient (Wildman–Crippen LogP) is 0.884. The summed E-state index contributed by atoms with van der Waals surface area (Å²) >= 11 is 1.42. The summed E-state index contributed by atoms with van der Waals surface area (Å²) in [6.07, 6.45) is 7.41. The second-order valence-electron chi connectivity index (χ2n) is 2.40. The zero-order valence-corrected chi connectivity index (χ0v) is 7.52. The Balaban J connectivity index is 2.13. The Morgan fingerprint density at radius 3 is 2.12 bits per heavy atom. The molecule has 1 rings (SSSR count). The van der Waals surface area contributed by atoms with Gasteiger partial charge in [0.1, 0.15) is 0 Å². The molecule has 0 saturated heterocycles. The van der Waals surface area contributed by atoms with Crippen molar-refractivity contribution in [2.45, 2.75) is 38.2 Å². The zero-order valence-electron chi connectivity index (χ0n) is 5.10. The fraction of sp³-hybridized carbons (Fsp3) is 1.00. The Bertz CT molecular complexity index is 59.5. The molecule has 8 heavy (non-hydrogen) atoms. The van der Waals surface area contributed by atoms with E-state index in [1.165, 1.54) is 49.3 Å². The van der Waals surface area contributed by atoms with E-state index < -0.39 is 0 Å². The first-order chi connectivity index (χ1) is 3.93. The number of hydrogen-bond donors (Lipinski definition) is 0. The van der Waals surface area contributed by atoms with E-state index in [2.05, 4.69) is 0 Å². The summed E-state index contributed by atoms with van der Waals surface area (Å²) in [6.45, 7) is 0. The van der Waals surface area contributed by atoms with Gasteiger partial charge in [0.2, 0.25) is 0 Å². The van der Waals surface area contributed by atoms with E-state index >= 15 is 0 Å². The third-order valence-corrected chi connectivity index (χ3v) is 2.55. The molecule has 1 saturated carbocycles. The maximum absolute atomic E-state index is 5.25. The molecule has 0 bridgehead atoms. The van der Waals surface area contributed by atoms with E-state index in [4.69, 9.17) is 3.73 Å². The van der Waals surface area contributed by atoms with Crippen LogP contribution in [0.15, 0.2) is 0 Å². The van der Waals surface area contributed by atoms with E-state index in [1.807, 2.05) is 0 Å². The summed E-state index contributed by atoms with van der Waals surface area (Å²) in [5, 5.41) is 0. The van der Waals surface area contributed by atoms with Gasteiger partial charge in [-0.15, -0.1) is 0 Å². The van der Waals surface area contributed by atoms with Crippen molar-refractivity contribution in [2.24, 2.45) is 0 Å². The van der Waals surface area contributed by atoms with Crippen molar-refractivity contribution in [1.29, 1.82) is 0 Å².